The Morgan fingerprint density at radius 3 is 2.48 bits per heavy atom. The van der Waals surface area contributed by atoms with Crippen molar-refractivity contribution in [3.05, 3.63) is 54.2 Å². The number of sulfonamides is 1. The standard InChI is InChI=1S/C17H21N3O2S/c1-15-7-5-10-18-17(15)19-11-6-12-20(14-13-19)23(21,22)16-8-3-2-4-9-16/h2-5,7-10H,6,11-14H2,1H3. The number of aromatic nitrogens is 1. The fraction of sp³-hybridized carbons (Fsp3) is 0.353. The van der Waals surface area contributed by atoms with Crippen LogP contribution in [0.15, 0.2) is 53.6 Å². The number of hydrogen-bond acceptors (Lipinski definition) is 4. The van der Waals surface area contributed by atoms with Crippen molar-refractivity contribution in [1.29, 1.82) is 0 Å². The van der Waals surface area contributed by atoms with Crippen LogP contribution in [0.5, 0.6) is 0 Å². The van der Waals surface area contributed by atoms with E-state index in [2.05, 4.69) is 9.88 Å². The Hall–Kier alpha value is -1.92. The van der Waals surface area contributed by atoms with Crippen molar-refractivity contribution in [2.45, 2.75) is 18.2 Å². The first-order valence-corrected chi connectivity index (χ1v) is 9.25. The van der Waals surface area contributed by atoms with Gasteiger partial charge in [-0.1, -0.05) is 24.3 Å². The first-order chi connectivity index (χ1) is 11.1. The van der Waals surface area contributed by atoms with Crippen molar-refractivity contribution < 1.29 is 8.42 Å². The summed E-state index contributed by atoms with van der Waals surface area (Å²) >= 11 is 0. The van der Waals surface area contributed by atoms with Gasteiger partial charge in [0.05, 0.1) is 4.90 Å². The van der Waals surface area contributed by atoms with Crippen LogP contribution >= 0.6 is 0 Å². The van der Waals surface area contributed by atoms with Crippen LogP contribution in [0.2, 0.25) is 0 Å². The first kappa shape index (κ1) is 16.0. The highest BCUT2D eigenvalue weighted by molar-refractivity contribution is 7.89. The average molecular weight is 331 g/mol. The number of hydrogen-bond donors (Lipinski definition) is 0. The van der Waals surface area contributed by atoms with Crippen LogP contribution in [0.4, 0.5) is 5.82 Å². The zero-order valence-electron chi connectivity index (χ0n) is 13.2. The second-order valence-corrected chi connectivity index (χ2v) is 7.64. The Labute approximate surface area is 137 Å². The fourth-order valence-electron chi connectivity index (χ4n) is 2.90. The minimum absolute atomic E-state index is 0.363. The van der Waals surface area contributed by atoms with E-state index in [1.54, 1.807) is 34.8 Å². The van der Waals surface area contributed by atoms with E-state index in [4.69, 9.17) is 0 Å². The minimum atomic E-state index is -3.41. The molecule has 0 bridgehead atoms. The van der Waals surface area contributed by atoms with E-state index < -0.39 is 10.0 Å². The van der Waals surface area contributed by atoms with Crippen LogP contribution in [-0.4, -0.2) is 43.9 Å². The third-order valence-electron chi connectivity index (χ3n) is 4.12. The number of benzene rings is 1. The second-order valence-electron chi connectivity index (χ2n) is 5.70. The van der Waals surface area contributed by atoms with Gasteiger partial charge in [0.1, 0.15) is 5.82 Å². The maximum absolute atomic E-state index is 12.7. The lowest BCUT2D eigenvalue weighted by Crippen LogP contribution is -2.35. The number of aryl methyl sites for hydroxylation is 1. The maximum Gasteiger partial charge on any atom is 0.243 e. The molecule has 5 nitrogen and oxygen atoms in total. The van der Waals surface area contributed by atoms with E-state index in [0.29, 0.717) is 24.5 Å². The molecule has 1 fully saturated rings. The largest absolute Gasteiger partial charge is 0.355 e. The van der Waals surface area contributed by atoms with E-state index in [1.165, 1.54) is 0 Å². The lowest BCUT2D eigenvalue weighted by molar-refractivity contribution is 0.433. The number of anilines is 1. The molecule has 0 unspecified atom stereocenters. The molecule has 2 heterocycles. The highest BCUT2D eigenvalue weighted by Gasteiger charge is 2.27. The molecule has 0 radical (unpaired) electrons. The molecular weight excluding hydrogens is 310 g/mol. The molecule has 1 saturated heterocycles. The van der Waals surface area contributed by atoms with Crippen LogP contribution < -0.4 is 4.90 Å². The third-order valence-corrected chi connectivity index (χ3v) is 6.03. The zero-order chi connectivity index (χ0) is 16.3. The van der Waals surface area contributed by atoms with Gasteiger partial charge in [-0.2, -0.15) is 4.31 Å². The average Bonchev–Trinajstić information content (AvgIpc) is 2.83. The van der Waals surface area contributed by atoms with Crippen LogP contribution in [-0.2, 0) is 10.0 Å². The lowest BCUT2D eigenvalue weighted by atomic mass is 10.2. The summed E-state index contributed by atoms with van der Waals surface area (Å²) in [6.07, 6.45) is 2.58. The van der Waals surface area contributed by atoms with Crippen LogP contribution in [0.25, 0.3) is 0 Å². The summed E-state index contributed by atoms with van der Waals surface area (Å²) in [5.74, 6) is 0.950. The molecule has 3 rings (SSSR count). The molecule has 23 heavy (non-hydrogen) atoms. The molecule has 0 N–H and O–H groups in total. The van der Waals surface area contributed by atoms with E-state index in [-0.39, 0.29) is 0 Å². The summed E-state index contributed by atoms with van der Waals surface area (Å²) in [4.78, 5) is 6.99. The molecule has 2 aromatic rings. The van der Waals surface area contributed by atoms with E-state index in [0.717, 1.165) is 24.3 Å². The van der Waals surface area contributed by atoms with Gasteiger partial charge in [-0.05, 0) is 37.1 Å². The fourth-order valence-corrected chi connectivity index (χ4v) is 4.39. The Kier molecular flexibility index (Phi) is 4.63. The van der Waals surface area contributed by atoms with Crippen molar-refractivity contribution in [2.24, 2.45) is 0 Å². The van der Waals surface area contributed by atoms with E-state index >= 15 is 0 Å². The molecule has 0 spiro atoms. The highest BCUT2D eigenvalue weighted by atomic mass is 32.2. The summed E-state index contributed by atoms with van der Waals surface area (Å²) < 4.78 is 27.1. The molecular formula is C17H21N3O2S. The number of rotatable bonds is 3. The summed E-state index contributed by atoms with van der Waals surface area (Å²) in [5, 5.41) is 0. The van der Waals surface area contributed by atoms with Crippen molar-refractivity contribution in [2.75, 3.05) is 31.1 Å². The third kappa shape index (κ3) is 3.38. The van der Waals surface area contributed by atoms with Gasteiger partial charge in [0.25, 0.3) is 0 Å². The van der Waals surface area contributed by atoms with Crippen LogP contribution in [0, 0.1) is 6.92 Å². The van der Waals surface area contributed by atoms with Crippen molar-refractivity contribution >= 4 is 15.8 Å². The summed E-state index contributed by atoms with van der Waals surface area (Å²) in [6, 6.07) is 12.6. The monoisotopic (exact) mass is 331 g/mol. The molecule has 122 valence electrons. The quantitative estimate of drug-likeness (QED) is 0.866. The lowest BCUT2D eigenvalue weighted by Gasteiger charge is -2.23. The van der Waals surface area contributed by atoms with Crippen molar-refractivity contribution in [1.82, 2.24) is 9.29 Å². The van der Waals surface area contributed by atoms with Gasteiger partial charge >= 0.3 is 0 Å². The number of nitrogens with zero attached hydrogens (tertiary/aromatic N) is 3. The Morgan fingerprint density at radius 2 is 1.74 bits per heavy atom. The molecule has 1 aromatic heterocycles. The SMILES string of the molecule is Cc1cccnc1N1CCCN(S(=O)(=O)c2ccccc2)CC1. The predicted molar refractivity (Wildman–Crippen MR) is 91.0 cm³/mol. The normalized spacial score (nSPS) is 17.0. The van der Waals surface area contributed by atoms with Gasteiger partial charge in [0.15, 0.2) is 0 Å². The van der Waals surface area contributed by atoms with E-state index in [9.17, 15) is 8.42 Å². The van der Waals surface area contributed by atoms with Gasteiger partial charge in [-0.3, -0.25) is 0 Å². The van der Waals surface area contributed by atoms with Crippen molar-refractivity contribution in [3.63, 3.8) is 0 Å². The van der Waals surface area contributed by atoms with Crippen LogP contribution in [0.1, 0.15) is 12.0 Å². The number of pyridine rings is 1. The highest BCUT2D eigenvalue weighted by Crippen LogP contribution is 2.21. The summed E-state index contributed by atoms with van der Waals surface area (Å²) in [7, 11) is -3.41. The maximum atomic E-state index is 12.7. The van der Waals surface area contributed by atoms with E-state index in [1.807, 2.05) is 25.1 Å². The Balaban J connectivity index is 1.78. The second kappa shape index (κ2) is 6.68. The molecule has 0 amide bonds. The predicted octanol–water partition coefficient (Wildman–Crippen LogP) is 2.29. The Morgan fingerprint density at radius 1 is 0.957 bits per heavy atom. The first-order valence-electron chi connectivity index (χ1n) is 7.81. The van der Waals surface area contributed by atoms with Gasteiger partial charge in [-0.25, -0.2) is 13.4 Å². The van der Waals surface area contributed by atoms with Gasteiger partial charge in [0.2, 0.25) is 10.0 Å². The van der Waals surface area contributed by atoms with Gasteiger partial charge in [-0.15, -0.1) is 0 Å². The molecule has 1 aliphatic heterocycles. The topological polar surface area (TPSA) is 53.5 Å². The Bertz CT molecular complexity index is 762. The minimum Gasteiger partial charge on any atom is -0.355 e. The van der Waals surface area contributed by atoms with Gasteiger partial charge in [0, 0.05) is 32.4 Å². The molecule has 1 aromatic carbocycles. The molecule has 0 aliphatic carbocycles. The van der Waals surface area contributed by atoms with Gasteiger partial charge < -0.3 is 4.90 Å². The molecule has 0 saturated carbocycles. The summed E-state index contributed by atoms with van der Waals surface area (Å²) in [6.45, 7) is 4.53. The zero-order valence-corrected chi connectivity index (χ0v) is 14.0. The van der Waals surface area contributed by atoms with Crippen molar-refractivity contribution in [3.8, 4) is 0 Å². The van der Waals surface area contributed by atoms with Crippen LogP contribution in [0.3, 0.4) is 0 Å². The summed E-state index contributed by atoms with van der Waals surface area (Å²) in [5.41, 5.74) is 1.12. The molecule has 1 aliphatic rings. The molecule has 0 atom stereocenters. The molecule has 6 heteroatoms. The smallest absolute Gasteiger partial charge is 0.243 e.